The normalized spacial score (nSPS) is 21.5. The number of hydrogen-bond acceptors (Lipinski definition) is 3. The largest absolute Gasteiger partial charge is 0.372 e. The van der Waals surface area contributed by atoms with Crippen LogP contribution in [-0.2, 0) is 9.59 Å². The zero-order valence-electron chi connectivity index (χ0n) is 12.3. The standard InChI is InChI=1S/C16H21N3O2/c1-11-8-13(19-6-2-3-7-19)4-5-14(11)18-16(21)12-9-15(20)17-10-12/h4-5,8,12H,2-3,6-7,9-10H2,1H3,(H,17,20)(H,18,21). The van der Waals surface area contributed by atoms with Crippen molar-refractivity contribution in [2.45, 2.75) is 26.2 Å². The van der Waals surface area contributed by atoms with Crippen LogP contribution in [0.2, 0.25) is 0 Å². The lowest BCUT2D eigenvalue weighted by Crippen LogP contribution is -2.25. The van der Waals surface area contributed by atoms with E-state index in [1.165, 1.54) is 18.5 Å². The Morgan fingerprint density at radius 1 is 1.33 bits per heavy atom. The van der Waals surface area contributed by atoms with Crippen molar-refractivity contribution in [3.05, 3.63) is 23.8 Å². The van der Waals surface area contributed by atoms with Gasteiger partial charge in [-0.25, -0.2) is 0 Å². The highest BCUT2D eigenvalue weighted by atomic mass is 16.2. The number of aryl methyl sites for hydroxylation is 1. The topological polar surface area (TPSA) is 61.4 Å². The number of hydrogen-bond donors (Lipinski definition) is 2. The molecule has 1 aromatic rings. The molecule has 0 aliphatic carbocycles. The molecule has 0 spiro atoms. The Hall–Kier alpha value is -2.04. The molecule has 2 amide bonds. The lowest BCUT2D eigenvalue weighted by atomic mass is 10.1. The van der Waals surface area contributed by atoms with Crippen LogP contribution in [0.1, 0.15) is 24.8 Å². The Kier molecular flexibility index (Phi) is 3.82. The van der Waals surface area contributed by atoms with Crippen LogP contribution in [-0.4, -0.2) is 31.4 Å². The molecular formula is C16H21N3O2. The molecule has 1 atom stereocenters. The summed E-state index contributed by atoms with van der Waals surface area (Å²) in [7, 11) is 0. The molecule has 2 aliphatic rings. The van der Waals surface area contributed by atoms with Gasteiger partial charge in [0.2, 0.25) is 11.8 Å². The molecule has 5 heteroatoms. The summed E-state index contributed by atoms with van der Waals surface area (Å²) in [6.07, 6.45) is 2.79. The van der Waals surface area contributed by atoms with Gasteiger partial charge in [0.15, 0.2) is 0 Å². The van der Waals surface area contributed by atoms with Gasteiger partial charge in [0.05, 0.1) is 5.92 Å². The van der Waals surface area contributed by atoms with Crippen molar-refractivity contribution < 1.29 is 9.59 Å². The van der Waals surface area contributed by atoms with Crippen molar-refractivity contribution >= 4 is 23.2 Å². The van der Waals surface area contributed by atoms with E-state index in [0.29, 0.717) is 6.54 Å². The molecule has 2 fully saturated rings. The molecule has 2 N–H and O–H groups in total. The van der Waals surface area contributed by atoms with Crippen LogP contribution in [0.4, 0.5) is 11.4 Å². The highest BCUT2D eigenvalue weighted by Crippen LogP contribution is 2.26. The second kappa shape index (κ2) is 5.76. The minimum atomic E-state index is -0.254. The summed E-state index contributed by atoms with van der Waals surface area (Å²) in [5, 5.41) is 5.63. The molecular weight excluding hydrogens is 266 g/mol. The average molecular weight is 287 g/mol. The fourth-order valence-corrected chi connectivity index (χ4v) is 2.99. The van der Waals surface area contributed by atoms with Gasteiger partial charge in [-0.3, -0.25) is 9.59 Å². The van der Waals surface area contributed by atoms with E-state index in [-0.39, 0.29) is 24.2 Å². The SMILES string of the molecule is Cc1cc(N2CCCC2)ccc1NC(=O)C1CNC(=O)C1. The van der Waals surface area contributed by atoms with Crippen molar-refractivity contribution in [3.8, 4) is 0 Å². The summed E-state index contributed by atoms with van der Waals surface area (Å²) in [6, 6.07) is 6.15. The van der Waals surface area contributed by atoms with Crippen LogP contribution >= 0.6 is 0 Å². The van der Waals surface area contributed by atoms with Gasteiger partial charge in [0.25, 0.3) is 0 Å². The Balaban J connectivity index is 1.68. The number of anilines is 2. The van der Waals surface area contributed by atoms with E-state index in [1.807, 2.05) is 13.0 Å². The number of benzene rings is 1. The van der Waals surface area contributed by atoms with Gasteiger partial charge < -0.3 is 15.5 Å². The summed E-state index contributed by atoms with van der Waals surface area (Å²) in [4.78, 5) is 25.7. The monoisotopic (exact) mass is 287 g/mol. The van der Waals surface area contributed by atoms with Crippen molar-refractivity contribution in [2.75, 3.05) is 29.9 Å². The molecule has 0 radical (unpaired) electrons. The van der Waals surface area contributed by atoms with Crippen molar-refractivity contribution in [1.29, 1.82) is 0 Å². The molecule has 21 heavy (non-hydrogen) atoms. The fraction of sp³-hybridized carbons (Fsp3) is 0.500. The van der Waals surface area contributed by atoms with Gasteiger partial charge >= 0.3 is 0 Å². The van der Waals surface area contributed by atoms with E-state index < -0.39 is 0 Å². The molecule has 3 rings (SSSR count). The van der Waals surface area contributed by atoms with Crippen molar-refractivity contribution in [3.63, 3.8) is 0 Å². The number of rotatable bonds is 3. The molecule has 1 aromatic carbocycles. The molecule has 112 valence electrons. The highest BCUT2D eigenvalue weighted by Gasteiger charge is 2.28. The number of nitrogens with one attached hydrogen (secondary N) is 2. The highest BCUT2D eigenvalue weighted by molar-refractivity contribution is 5.97. The first kappa shape index (κ1) is 13.9. The van der Waals surface area contributed by atoms with Gasteiger partial charge in [-0.15, -0.1) is 0 Å². The fourth-order valence-electron chi connectivity index (χ4n) is 2.99. The molecule has 5 nitrogen and oxygen atoms in total. The third-order valence-electron chi connectivity index (χ3n) is 4.29. The van der Waals surface area contributed by atoms with Crippen LogP contribution in [0, 0.1) is 12.8 Å². The van der Waals surface area contributed by atoms with Crippen LogP contribution in [0.15, 0.2) is 18.2 Å². The third kappa shape index (κ3) is 3.01. The molecule has 0 aromatic heterocycles. The summed E-state index contributed by atoms with van der Waals surface area (Å²) >= 11 is 0. The first-order valence-corrected chi connectivity index (χ1v) is 7.56. The average Bonchev–Trinajstić information content (AvgIpc) is 3.12. The maximum atomic E-state index is 12.1. The first-order valence-electron chi connectivity index (χ1n) is 7.56. The molecule has 1 unspecified atom stereocenters. The third-order valence-corrected chi connectivity index (χ3v) is 4.29. The quantitative estimate of drug-likeness (QED) is 0.889. The second-order valence-corrected chi connectivity index (χ2v) is 5.89. The Labute approximate surface area is 124 Å². The van der Waals surface area contributed by atoms with Gasteiger partial charge in [-0.05, 0) is 43.5 Å². The second-order valence-electron chi connectivity index (χ2n) is 5.89. The Morgan fingerprint density at radius 3 is 2.71 bits per heavy atom. The molecule has 0 bridgehead atoms. The molecule has 2 aliphatic heterocycles. The van der Waals surface area contributed by atoms with Crippen molar-refractivity contribution in [2.24, 2.45) is 5.92 Å². The van der Waals surface area contributed by atoms with E-state index in [9.17, 15) is 9.59 Å². The molecule has 0 saturated carbocycles. The number of nitrogens with zero attached hydrogens (tertiary/aromatic N) is 1. The Morgan fingerprint density at radius 2 is 2.10 bits per heavy atom. The number of carbonyl (C=O) groups excluding carboxylic acids is 2. The van der Waals surface area contributed by atoms with Crippen molar-refractivity contribution in [1.82, 2.24) is 5.32 Å². The first-order chi connectivity index (χ1) is 10.1. The van der Waals surface area contributed by atoms with Crippen LogP contribution in [0.3, 0.4) is 0 Å². The summed E-state index contributed by atoms with van der Waals surface area (Å²) in [5.74, 6) is -0.378. The van der Waals surface area contributed by atoms with E-state index >= 15 is 0 Å². The van der Waals surface area contributed by atoms with E-state index in [2.05, 4.69) is 27.7 Å². The van der Waals surface area contributed by atoms with E-state index in [4.69, 9.17) is 0 Å². The van der Waals surface area contributed by atoms with Gasteiger partial charge in [-0.2, -0.15) is 0 Å². The zero-order chi connectivity index (χ0) is 14.8. The maximum absolute atomic E-state index is 12.1. The zero-order valence-corrected chi connectivity index (χ0v) is 12.3. The number of carbonyl (C=O) groups is 2. The van der Waals surface area contributed by atoms with E-state index in [0.717, 1.165) is 24.3 Å². The lowest BCUT2D eigenvalue weighted by Gasteiger charge is -2.19. The van der Waals surface area contributed by atoms with Gasteiger partial charge in [0, 0.05) is 37.4 Å². The predicted octanol–water partition coefficient (Wildman–Crippen LogP) is 1.67. The van der Waals surface area contributed by atoms with Crippen LogP contribution in [0.5, 0.6) is 0 Å². The van der Waals surface area contributed by atoms with Crippen LogP contribution < -0.4 is 15.5 Å². The smallest absolute Gasteiger partial charge is 0.229 e. The van der Waals surface area contributed by atoms with Gasteiger partial charge in [0.1, 0.15) is 0 Å². The van der Waals surface area contributed by atoms with E-state index in [1.54, 1.807) is 0 Å². The van der Waals surface area contributed by atoms with Gasteiger partial charge in [-0.1, -0.05) is 0 Å². The molecule has 2 heterocycles. The summed E-state index contributed by atoms with van der Waals surface area (Å²) < 4.78 is 0. The maximum Gasteiger partial charge on any atom is 0.229 e. The molecule has 2 saturated heterocycles. The lowest BCUT2D eigenvalue weighted by molar-refractivity contribution is -0.123. The summed E-state index contributed by atoms with van der Waals surface area (Å²) in [5.41, 5.74) is 3.12. The minimum absolute atomic E-state index is 0.0451. The summed E-state index contributed by atoms with van der Waals surface area (Å²) in [6.45, 7) is 4.67. The Bertz CT molecular complexity index is 565. The minimum Gasteiger partial charge on any atom is -0.372 e. The predicted molar refractivity (Wildman–Crippen MR) is 82.4 cm³/mol. The number of amides is 2. The van der Waals surface area contributed by atoms with Crippen LogP contribution in [0.25, 0.3) is 0 Å².